The Hall–Kier alpha value is -0.0800. The van der Waals surface area contributed by atoms with Crippen LogP contribution in [0.25, 0.3) is 0 Å². The highest BCUT2D eigenvalue weighted by atomic mass is 16.5. The van der Waals surface area contributed by atoms with E-state index in [0.717, 1.165) is 18.4 Å². The number of hydrogen-bond donors (Lipinski definition) is 1. The molecule has 0 spiro atoms. The van der Waals surface area contributed by atoms with Crippen molar-refractivity contribution in [2.75, 3.05) is 26.8 Å². The van der Waals surface area contributed by atoms with Crippen LogP contribution >= 0.6 is 0 Å². The van der Waals surface area contributed by atoms with Crippen LogP contribution in [0.1, 0.15) is 26.2 Å². The van der Waals surface area contributed by atoms with Gasteiger partial charge in [0.05, 0.1) is 0 Å². The molecule has 0 aromatic rings. The molecule has 1 N–H and O–H groups in total. The minimum Gasteiger partial charge on any atom is -0.385 e. The van der Waals surface area contributed by atoms with Crippen LogP contribution in [0.2, 0.25) is 0 Å². The fraction of sp³-hybridized carbons (Fsp3) is 1.00. The predicted molar refractivity (Wildman–Crippen MR) is 51.3 cm³/mol. The van der Waals surface area contributed by atoms with Crippen molar-refractivity contribution in [3.63, 3.8) is 0 Å². The van der Waals surface area contributed by atoms with E-state index in [1.807, 2.05) is 0 Å². The first-order valence-corrected chi connectivity index (χ1v) is 5.04. The maximum Gasteiger partial charge on any atom is 0.0462 e. The zero-order chi connectivity index (χ0) is 8.81. The molecular formula is C10H21NO. The summed E-state index contributed by atoms with van der Waals surface area (Å²) in [6.07, 6.45) is 3.91. The zero-order valence-corrected chi connectivity index (χ0v) is 8.31. The maximum absolute atomic E-state index is 5.04. The summed E-state index contributed by atoms with van der Waals surface area (Å²) in [6, 6.07) is 0. The fourth-order valence-electron chi connectivity index (χ4n) is 1.95. The Morgan fingerprint density at radius 3 is 3.00 bits per heavy atom. The van der Waals surface area contributed by atoms with Gasteiger partial charge in [-0.3, -0.25) is 0 Å². The molecule has 1 fully saturated rings. The lowest BCUT2D eigenvalue weighted by Crippen LogP contribution is -2.15. The summed E-state index contributed by atoms with van der Waals surface area (Å²) in [7, 11) is 1.78. The monoisotopic (exact) mass is 171 g/mol. The smallest absolute Gasteiger partial charge is 0.0462 e. The van der Waals surface area contributed by atoms with Crippen LogP contribution in [0.15, 0.2) is 0 Å². The minimum atomic E-state index is 0.871. The van der Waals surface area contributed by atoms with Crippen LogP contribution in [-0.2, 0) is 4.74 Å². The third kappa shape index (κ3) is 3.11. The average Bonchev–Trinajstić information content (AvgIpc) is 2.56. The van der Waals surface area contributed by atoms with Gasteiger partial charge in [0, 0.05) is 13.7 Å². The van der Waals surface area contributed by atoms with E-state index in [9.17, 15) is 0 Å². The van der Waals surface area contributed by atoms with Gasteiger partial charge in [-0.15, -0.1) is 0 Å². The molecule has 1 heterocycles. The first kappa shape index (κ1) is 10.0. The van der Waals surface area contributed by atoms with Crippen LogP contribution in [0, 0.1) is 11.8 Å². The van der Waals surface area contributed by atoms with Crippen molar-refractivity contribution in [3.05, 3.63) is 0 Å². The summed E-state index contributed by atoms with van der Waals surface area (Å²) in [4.78, 5) is 0. The van der Waals surface area contributed by atoms with Crippen LogP contribution in [0.3, 0.4) is 0 Å². The van der Waals surface area contributed by atoms with Crippen LogP contribution in [0.4, 0.5) is 0 Å². The first-order valence-electron chi connectivity index (χ1n) is 5.04. The summed E-state index contributed by atoms with van der Waals surface area (Å²) < 4.78 is 5.04. The van der Waals surface area contributed by atoms with Gasteiger partial charge in [0.2, 0.25) is 0 Å². The second-order valence-electron chi connectivity index (χ2n) is 3.87. The van der Waals surface area contributed by atoms with Crippen molar-refractivity contribution in [3.8, 4) is 0 Å². The number of ether oxygens (including phenoxy) is 1. The molecule has 0 aromatic heterocycles. The van der Waals surface area contributed by atoms with Crippen molar-refractivity contribution < 1.29 is 4.74 Å². The van der Waals surface area contributed by atoms with Gasteiger partial charge in [-0.25, -0.2) is 0 Å². The lowest BCUT2D eigenvalue weighted by Gasteiger charge is -2.17. The Morgan fingerprint density at radius 1 is 1.58 bits per heavy atom. The summed E-state index contributed by atoms with van der Waals surface area (Å²) in [5.74, 6) is 1.79. The number of methoxy groups -OCH3 is 1. The lowest BCUT2D eigenvalue weighted by molar-refractivity contribution is 0.182. The molecular weight excluding hydrogens is 150 g/mol. The summed E-state index contributed by atoms with van der Waals surface area (Å²) >= 11 is 0. The number of rotatable bonds is 5. The molecule has 2 atom stereocenters. The van der Waals surface area contributed by atoms with E-state index in [2.05, 4.69) is 12.2 Å². The highest BCUT2D eigenvalue weighted by Crippen LogP contribution is 2.22. The second kappa shape index (κ2) is 5.55. The van der Waals surface area contributed by atoms with Gasteiger partial charge >= 0.3 is 0 Å². The van der Waals surface area contributed by atoms with E-state index in [0.29, 0.717) is 0 Å². The number of hydrogen-bond acceptors (Lipinski definition) is 2. The van der Waals surface area contributed by atoms with Gasteiger partial charge in [0.1, 0.15) is 0 Å². The quantitative estimate of drug-likeness (QED) is 0.635. The summed E-state index contributed by atoms with van der Waals surface area (Å²) in [5.41, 5.74) is 0. The summed E-state index contributed by atoms with van der Waals surface area (Å²) in [5, 5.41) is 3.41. The van der Waals surface area contributed by atoms with E-state index >= 15 is 0 Å². The molecule has 1 aliphatic rings. The van der Waals surface area contributed by atoms with E-state index < -0.39 is 0 Å². The Balaban J connectivity index is 2.05. The highest BCUT2D eigenvalue weighted by molar-refractivity contribution is 4.75. The Kier molecular flexibility index (Phi) is 4.62. The minimum absolute atomic E-state index is 0.871. The van der Waals surface area contributed by atoms with Gasteiger partial charge in [0.25, 0.3) is 0 Å². The molecule has 0 saturated carbocycles. The summed E-state index contributed by atoms with van der Waals surface area (Å²) in [6.45, 7) is 5.74. The van der Waals surface area contributed by atoms with Gasteiger partial charge in [-0.1, -0.05) is 6.92 Å². The van der Waals surface area contributed by atoms with Crippen molar-refractivity contribution in [2.24, 2.45) is 11.8 Å². The SMILES string of the molecule is COCCCC(C)C1CCNC1. The Labute approximate surface area is 75.7 Å². The van der Waals surface area contributed by atoms with Crippen molar-refractivity contribution in [1.29, 1.82) is 0 Å². The Bertz CT molecular complexity index is 110. The molecule has 1 rings (SSSR count). The topological polar surface area (TPSA) is 21.3 Å². The fourth-order valence-corrected chi connectivity index (χ4v) is 1.95. The number of nitrogens with one attached hydrogen (secondary N) is 1. The molecule has 2 heteroatoms. The molecule has 0 aliphatic carbocycles. The van der Waals surface area contributed by atoms with E-state index in [4.69, 9.17) is 4.74 Å². The second-order valence-corrected chi connectivity index (χ2v) is 3.87. The lowest BCUT2D eigenvalue weighted by atomic mass is 9.89. The maximum atomic E-state index is 5.04. The van der Waals surface area contributed by atoms with E-state index in [-0.39, 0.29) is 0 Å². The third-order valence-corrected chi connectivity index (χ3v) is 2.91. The highest BCUT2D eigenvalue weighted by Gasteiger charge is 2.20. The van der Waals surface area contributed by atoms with Gasteiger partial charge in [-0.05, 0) is 44.2 Å². The molecule has 1 saturated heterocycles. The molecule has 0 bridgehead atoms. The zero-order valence-electron chi connectivity index (χ0n) is 8.31. The van der Waals surface area contributed by atoms with Gasteiger partial charge in [0.15, 0.2) is 0 Å². The van der Waals surface area contributed by atoms with E-state index in [1.54, 1.807) is 7.11 Å². The first-order chi connectivity index (χ1) is 5.84. The third-order valence-electron chi connectivity index (χ3n) is 2.91. The molecule has 72 valence electrons. The molecule has 0 radical (unpaired) electrons. The predicted octanol–water partition coefficient (Wildman–Crippen LogP) is 1.66. The van der Waals surface area contributed by atoms with Crippen LogP contribution in [0.5, 0.6) is 0 Å². The molecule has 2 unspecified atom stereocenters. The molecule has 2 nitrogen and oxygen atoms in total. The van der Waals surface area contributed by atoms with Crippen molar-refractivity contribution in [1.82, 2.24) is 5.32 Å². The van der Waals surface area contributed by atoms with Crippen LogP contribution in [-0.4, -0.2) is 26.8 Å². The Morgan fingerprint density at radius 2 is 2.42 bits per heavy atom. The average molecular weight is 171 g/mol. The molecule has 1 aliphatic heterocycles. The molecule has 0 aromatic carbocycles. The van der Waals surface area contributed by atoms with E-state index in [1.165, 1.54) is 32.4 Å². The van der Waals surface area contributed by atoms with Gasteiger partial charge in [-0.2, -0.15) is 0 Å². The van der Waals surface area contributed by atoms with Crippen molar-refractivity contribution >= 4 is 0 Å². The van der Waals surface area contributed by atoms with Crippen molar-refractivity contribution in [2.45, 2.75) is 26.2 Å². The molecule has 12 heavy (non-hydrogen) atoms. The molecule has 0 amide bonds. The standard InChI is InChI=1S/C10H21NO/c1-9(4-3-7-12-2)10-5-6-11-8-10/h9-11H,3-8H2,1-2H3. The normalized spacial score (nSPS) is 26.0. The van der Waals surface area contributed by atoms with Crippen LogP contribution < -0.4 is 5.32 Å². The van der Waals surface area contributed by atoms with Gasteiger partial charge < -0.3 is 10.1 Å². The largest absolute Gasteiger partial charge is 0.385 e.